The summed E-state index contributed by atoms with van der Waals surface area (Å²) >= 11 is 0. The average molecular weight is 489 g/mol. The molecule has 200 valence electrons. The summed E-state index contributed by atoms with van der Waals surface area (Å²) in [6, 6.07) is 0. The number of aliphatic hydroxyl groups excluding tert-OH is 3. The van der Waals surface area contributed by atoms with Crippen molar-refractivity contribution in [2.75, 3.05) is 26.4 Å². The van der Waals surface area contributed by atoms with Crippen molar-refractivity contribution in [3.05, 3.63) is 12.2 Å². The second-order valence-corrected chi connectivity index (χ2v) is 9.05. The standard InChI is InChI=1S/C24H44O6.C2H4O2/c1-2-3-4-5-6-7-8-9-10-11-12-13-14-15-16-17-22(27)30-21(18-25)24-23(28)20(26)19-29-24;1-2-4-3-1/h9-10,20-21,23-26,28H,2-8,11-19H2,1H3;1-2H2/b10-9-;/t20-,21+,23+,24+;/m0./s1. The third-order valence-corrected chi connectivity index (χ3v) is 6.00. The van der Waals surface area contributed by atoms with Crippen molar-refractivity contribution < 1.29 is 39.4 Å². The van der Waals surface area contributed by atoms with Crippen LogP contribution in [0.4, 0.5) is 0 Å². The van der Waals surface area contributed by atoms with Gasteiger partial charge in [0.25, 0.3) is 0 Å². The van der Waals surface area contributed by atoms with Gasteiger partial charge in [-0.15, -0.1) is 0 Å². The second kappa shape index (κ2) is 21.3. The minimum absolute atomic E-state index is 0.0197. The van der Waals surface area contributed by atoms with Crippen molar-refractivity contribution >= 4 is 5.97 Å². The predicted octanol–water partition coefficient (Wildman–Crippen LogP) is 4.00. The molecule has 0 spiro atoms. The van der Waals surface area contributed by atoms with Gasteiger partial charge in [0.1, 0.15) is 31.5 Å². The van der Waals surface area contributed by atoms with E-state index in [0.29, 0.717) is 6.42 Å². The number of rotatable bonds is 18. The van der Waals surface area contributed by atoms with Crippen molar-refractivity contribution in [1.82, 2.24) is 0 Å². The Morgan fingerprint density at radius 3 is 1.91 bits per heavy atom. The molecular formula is C26H48O8. The Morgan fingerprint density at radius 2 is 1.44 bits per heavy atom. The maximum atomic E-state index is 11.9. The summed E-state index contributed by atoms with van der Waals surface area (Å²) in [5, 5.41) is 28.7. The van der Waals surface area contributed by atoms with E-state index in [9.17, 15) is 20.1 Å². The molecule has 8 nitrogen and oxygen atoms in total. The van der Waals surface area contributed by atoms with Gasteiger partial charge in [0, 0.05) is 6.42 Å². The lowest BCUT2D eigenvalue weighted by molar-refractivity contribution is -0.382. The molecule has 0 unspecified atom stereocenters. The zero-order chi connectivity index (χ0) is 24.9. The van der Waals surface area contributed by atoms with Crippen LogP contribution < -0.4 is 0 Å². The van der Waals surface area contributed by atoms with Crippen molar-refractivity contribution in [2.45, 2.75) is 121 Å². The summed E-state index contributed by atoms with van der Waals surface area (Å²) in [4.78, 5) is 20.4. The van der Waals surface area contributed by atoms with E-state index in [0.717, 1.165) is 45.3 Å². The second-order valence-electron chi connectivity index (χ2n) is 9.05. The molecule has 2 heterocycles. The van der Waals surface area contributed by atoms with Gasteiger partial charge < -0.3 is 24.8 Å². The highest BCUT2D eigenvalue weighted by atomic mass is 17.2. The van der Waals surface area contributed by atoms with Gasteiger partial charge in [-0.25, -0.2) is 9.78 Å². The van der Waals surface area contributed by atoms with Crippen molar-refractivity contribution in [1.29, 1.82) is 0 Å². The lowest BCUT2D eigenvalue weighted by atomic mass is 10.1. The van der Waals surface area contributed by atoms with E-state index >= 15 is 0 Å². The minimum Gasteiger partial charge on any atom is -0.457 e. The summed E-state index contributed by atoms with van der Waals surface area (Å²) in [5.74, 6) is -0.399. The Bertz CT molecular complexity index is 505. The Morgan fingerprint density at radius 1 is 0.912 bits per heavy atom. The van der Waals surface area contributed by atoms with Crippen LogP contribution in [0.3, 0.4) is 0 Å². The van der Waals surface area contributed by atoms with Gasteiger partial charge in [-0.1, -0.05) is 70.4 Å². The molecule has 0 aromatic carbocycles. The Hall–Kier alpha value is -1.03. The number of hydrogen-bond donors (Lipinski definition) is 3. The normalized spacial score (nSPS) is 22.8. The maximum absolute atomic E-state index is 11.9. The topological polar surface area (TPSA) is 115 Å². The van der Waals surface area contributed by atoms with Crippen LogP contribution in [0.5, 0.6) is 0 Å². The molecule has 2 aliphatic heterocycles. The lowest BCUT2D eigenvalue weighted by Gasteiger charge is -2.24. The molecule has 2 aliphatic rings. The van der Waals surface area contributed by atoms with E-state index in [4.69, 9.17) is 9.47 Å². The van der Waals surface area contributed by atoms with Crippen molar-refractivity contribution in [2.24, 2.45) is 0 Å². The number of allylic oxidation sites excluding steroid dienone is 2. The minimum atomic E-state index is -1.14. The van der Waals surface area contributed by atoms with Crippen LogP contribution in [0.25, 0.3) is 0 Å². The molecule has 0 aromatic rings. The van der Waals surface area contributed by atoms with E-state index in [1.165, 1.54) is 51.4 Å². The molecule has 34 heavy (non-hydrogen) atoms. The smallest absolute Gasteiger partial charge is 0.306 e. The molecule has 0 saturated carbocycles. The number of esters is 1. The van der Waals surface area contributed by atoms with Crippen molar-refractivity contribution in [3.8, 4) is 0 Å². The number of carbonyl (C=O) groups excluding carboxylic acids is 1. The molecule has 3 N–H and O–H groups in total. The summed E-state index contributed by atoms with van der Waals surface area (Å²) in [5.41, 5.74) is 0. The van der Waals surface area contributed by atoms with E-state index in [2.05, 4.69) is 28.9 Å². The van der Waals surface area contributed by atoms with Crippen LogP contribution in [0.15, 0.2) is 12.2 Å². The van der Waals surface area contributed by atoms with E-state index in [1.54, 1.807) is 0 Å². The number of hydrogen-bond acceptors (Lipinski definition) is 8. The molecular weight excluding hydrogens is 440 g/mol. The molecule has 4 atom stereocenters. The van der Waals surface area contributed by atoms with Crippen LogP contribution in [-0.4, -0.2) is 72.1 Å². The molecule has 0 aromatic heterocycles. The van der Waals surface area contributed by atoms with Gasteiger partial charge in [-0.3, -0.25) is 4.79 Å². The first-order valence-electron chi connectivity index (χ1n) is 13.3. The van der Waals surface area contributed by atoms with Gasteiger partial charge >= 0.3 is 5.97 Å². The first kappa shape index (κ1) is 31.0. The molecule has 0 bridgehead atoms. The van der Waals surface area contributed by atoms with Gasteiger partial charge in [0.15, 0.2) is 6.10 Å². The Labute approximate surface area is 205 Å². The summed E-state index contributed by atoms with van der Waals surface area (Å²) < 4.78 is 10.4. The highest BCUT2D eigenvalue weighted by Crippen LogP contribution is 2.20. The molecule has 2 rings (SSSR count). The van der Waals surface area contributed by atoms with Gasteiger partial charge in [-0.2, -0.15) is 0 Å². The molecule has 2 fully saturated rings. The molecule has 2 saturated heterocycles. The van der Waals surface area contributed by atoms with Gasteiger partial charge in [-0.05, 0) is 32.1 Å². The summed E-state index contributed by atoms with van der Waals surface area (Å²) in [7, 11) is 0. The van der Waals surface area contributed by atoms with Crippen LogP contribution in [0.2, 0.25) is 0 Å². The van der Waals surface area contributed by atoms with Gasteiger partial charge in [0.05, 0.1) is 13.2 Å². The Kier molecular flexibility index (Phi) is 19.4. The fourth-order valence-electron chi connectivity index (χ4n) is 3.81. The lowest BCUT2D eigenvalue weighted by Crippen LogP contribution is -2.43. The quantitative estimate of drug-likeness (QED) is 0.115. The van der Waals surface area contributed by atoms with E-state index < -0.39 is 37.0 Å². The highest BCUT2D eigenvalue weighted by molar-refractivity contribution is 5.69. The maximum Gasteiger partial charge on any atom is 0.306 e. The third kappa shape index (κ3) is 15.1. The number of unbranched alkanes of at least 4 members (excludes halogenated alkanes) is 11. The Balaban J connectivity index is 0.00000130. The zero-order valence-corrected chi connectivity index (χ0v) is 21.1. The third-order valence-electron chi connectivity index (χ3n) is 6.00. The first-order valence-corrected chi connectivity index (χ1v) is 13.3. The SMILES string of the molecule is C1COO1.CCCCCCCC/C=C\CCCCCCCC(=O)O[C@H](CO)[C@H]1OC[C@H](O)[C@H]1O. The fourth-order valence-corrected chi connectivity index (χ4v) is 3.81. The number of ether oxygens (including phenoxy) is 2. The number of aliphatic hydroxyl groups is 3. The van der Waals surface area contributed by atoms with Crippen LogP contribution in [-0.2, 0) is 24.0 Å². The van der Waals surface area contributed by atoms with Crippen LogP contribution in [0, 0.1) is 0 Å². The van der Waals surface area contributed by atoms with Crippen LogP contribution >= 0.6 is 0 Å². The summed E-state index contributed by atoms with van der Waals surface area (Å²) in [6.07, 6.45) is 16.5. The van der Waals surface area contributed by atoms with Crippen LogP contribution in [0.1, 0.15) is 96.8 Å². The monoisotopic (exact) mass is 488 g/mol. The molecule has 0 amide bonds. The predicted molar refractivity (Wildman–Crippen MR) is 130 cm³/mol. The molecule has 0 radical (unpaired) electrons. The largest absolute Gasteiger partial charge is 0.457 e. The molecule has 0 aliphatic carbocycles. The molecule has 8 heteroatoms. The highest BCUT2D eigenvalue weighted by Gasteiger charge is 2.41. The average Bonchev–Trinajstić information content (AvgIpc) is 3.11. The first-order chi connectivity index (χ1) is 16.6. The zero-order valence-electron chi connectivity index (χ0n) is 21.1. The summed E-state index contributed by atoms with van der Waals surface area (Å²) in [6.45, 7) is 3.35. The number of carbonyl (C=O) groups is 1. The van der Waals surface area contributed by atoms with Crippen molar-refractivity contribution in [3.63, 3.8) is 0 Å². The fraction of sp³-hybridized carbons (Fsp3) is 0.885. The van der Waals surface area contributed by atoms with E-state index in [1.807, 2.05) is 0 Å². The van der Waals surface area contributed by atoms with E-state index in [-0.39, 0.29) is 6.61 Å². The van der Waals surface area contributed by atoms with Gasteiger partial charge in [0.2, 0.25) is 0 Å².